The van der Waals surface area contributed by atoms with Gasteiger partial charge in [0.2, 0.25) is 0 Å². The SMILES string of the molecule is NCC1(OCc2ccccc2)CCCNCC1. The summed E-state index contributed by atoms with van der Waals surface area (Å²) in [5, 5.41) is 3.40. The van der Waals surface area contributed by atoms with Crippen LogP contribution in [0.15, 0.2) is 30.3 Å². The van der Waals surface area contributed by atoms with Crippen LogP contribution in [0.5, 0.6) is 0 Å². The molecule has 0 radical (unpaired) electrons. The third-order valence-electron chi connectivity index (χ3n) is 3.50. The molecule has 94 valence electrons. The van der Waals surface area contributed by atoms with E-state index in [1.165, 1.54) is 5.56 Å². The van der Waals surface area contributed by atoms with Crippen LogP contribution in [0, 0.1) is 0 Å². The quantitative estimate of drug-likeness (QED) is 0.833. The predicted octanol–water partition coefficient (Wildman–Crippen LogP) is 1.67. The van der Waals surface area contributed by atoms with Crippen molar-refractivity contribution in [3.05, 3.63) is 35.9 Å². The van der Waals surface area contributed by atoms with Gasteiger partial charge in [0.05, 0.1) is 12.2 Å². The number of rotatable bonds is 4. The second-order valence-corrected chi connectivity index (χ2v) is 4.76. The summed E-state index contributed by atoms with van der Waals surface area (Å²) in [6.07, 6.45) is 3.21. The van der Waals surface area contributed by atoms with Crippen molar-refractivity contribution in [3.8, 4) is 0 Å². The number of benzene rings is 1. The smallest absolute Gasteiger partial charge is 0.0821 e. The van der Waals surface area contributed by atoms with E-state index in [0.29, 0.717) is 13.2 Å². The minimum absolute atomic E-state index is 0.126. The molecule has 1 aromatic rings. The van der Waals surface area contributed by atoms with Crippen LogP contribution >= 0.6 is 0 Å². The zero-order valence-corrected chi connectivity index (χ0v) is 10.3. The summed E-state index contributed by atoms with van der Waals surface area (Å²) in [4.78, 5) is 0. The Morgan fingerprint density at radius 1 is 1.18 bits per heavy atom. The number of nitrogens with one attached hydrogen (secondary N) is 1. The minimum Gasteiger partial charge on any atom is -0.369 e. The van der Waals surface area contributed by atoms with E-state index >= 15 is 0 Å². The van der Waals surface area contributed by atoms with Crippen molar-refractivity contribution >= 4 is 0 Å². The van der Waals surface area contributed by atoms with Gasteiger partial charge in [-0.2, -0.15) is 0 Å². The topological polar surface area (TPSA) is 47.3 Å². The summed E-state index contributed by atoms with van der Waals surface area (Å²) in [5.41, 5.74) is 7.01. The molecule has 0 saturated carbocycles. The van der Waals surface area contributed by atoms with E-state index in [0.717, 1.165) is 32.4 Å². The van der Waals surface area contributed by atoms with Crippen LogP contribution in [0.1, 0.15) is 24.8 Å². The average Bonchev–Trinajstić information content (AvgIpc) is 2.64. The first-order valence-electron chi connectivity index (χ1n) is 6.43. The van der Waals surface area contributed by atoms with Crippen molar-refractivity contribution < 1.29 is 4.74 Å². The van der Waals surface area contributed by atoms with Gasteiger partial charge < -0.3 is 15.8 Å². The van der Waals surface area contributed by atoms with Crippen LogP contribution in [0.3, 0.4) is 0 Å². The molecule has 0 amide bonds. The van der Waals surface area contributed by atoms with Crippen LogP contribution in [0.2, 0.25) is 0 Å². The van der Waals surface area contributed by atoms with Crippen molar-refractivity contribution in [1.82, 2.24) is 5.32 Å². The molecule has 1 unspecified atom stereocenters. The maximum atomic E-state index is 6.12. The summed E-state index contributed by atoms with van der Waals surface area (Å²) in [6.45, 7) is 3.36. The highest BCUT2D eigenvalue weighted by Gasteiger charge is 2.30. The molecular weight excluding hydrogens is 212 g/mol. The second-order valence-electron chi connectivity index (χ2n) is 4.76. The van der Waals surface area contributed by atoms with Gasteiger partial charge in [-0.25, -0.2) is 0 Å². The molecule has 1 fully saturated rings. The van der Waals surface area contributed by atoms with Gasteiger partial charge in [-0.3, -0.25) is 0 Å². The van der Waals surface area contributed by atoms with E-state index in [4.69, 9.17) is 10.5 Å². The highest BCUT2D eigenvalue weighted by atomic mass is 16.5. The van der Waals surface area contributed by atoms with Gasteiger partial charge in [0, 0.05) is 6.54 Å². The van der Waals surface area contributed by atoms with Gasteiger partial charge in [0.25, 0.3) is 0 Å². The van der Waals surface area contributed by atoms with E-state index in [-0.39, 0.29) is 5.60 Å². The average molecular weight is 234 g/mol. The minimum atomic E-state index is -0.126. The largest absolute Gasteiger partial charge is 0.369 e. The number of ether oxygens (including phenoxy) is 1. The second kappa shape index (κ2) is 6.15. The summed E-state index contributed by atoms with van der Waals surface area (Å²) in [7, 11) is 0. The van der Waals surface area contributed by atoms with Crippen molar-refractivity contribution in [2.24, 2.45) is 5.73 Å². The number of hydrogen-bond acceptors (Lipinski definition) is 3. The zero-order valence-electron chi connectivity index (χ0n) is 10.3. The summed E-state index contributed by atoms with van der Waals surface area (Å²) < 4.78 is 6.12. The maximum Gasteiger partial charge on any atom is 0.0821 e. The van der Waals surface area contributed by atoms with Crippen LogP contribution in [-0.2, 0) is 11.3 Å². The third kappa shape index (κ3) is 3.53. The van der Waals surface area contributed by atoms with Gasteiger partial charge in [-0.05, 0) is 37.9 Å². The Balaban J connectivity index is 1.94. The molecule has 3 nitrogen and oxygen atoms in total. The van der Waals surface area contributed by atoms with Gasteiger partial charge in [0.15, 0.2) is 0 Å². The Labute approximate surface area is 103 Å². The number of hydrogen-bond donors (Lipinski definition) is 2. The molecule has 17 heavy (non-hydrogen) atoms. The Kier molecular flexibility index (Phi) is 4.54. The fraction of sp³-hybridized carbons (Fsp3) is 0.571. The Bertz CT molecular complexity index is 318. The van der Waals surface area contributed by atoms with Crippen LogP contribution < -0.4 is 11.1 Å². The first-order chi connectivity index (χ1) is 8.35. The molecule has 0 aromatic heterocycles. The lowest BCUT2D eigenvalue weighted by Gasteiger charge is -2.31. The Morgan fingerprint density at radius 3 is 2.76 bits per heavy atom. The molecule has 3 heteroatoms. The van der Waals surface area contributed by atoms with Crippen molar-refractivity contribution in [1.29, 1.82) is 0 Å². The lowest BCUT2D eigenvalue weighted by Crippen LogP contribution is -2.41. The van der Waals surface area contributed by atoms with Crippen LogP contribution in [0.4, 0.5) is 0 Å². The van der Waals surface area contributed by atoms with Crippen molar-refractivity contribution in [2.75, 3.05) is 19.6 Å². The molecule has 3 N–H and O–H groups in total. The molecule has 0 spiro atoms. The Morgan fingerprint density at radius 2 is 2.00 bits per heavy atom. The molecule has 1 atom stereocenters. The first kappa shape index (κ1) is 12.6. The normalized spacial score (nSPS) is 25.5. The highest BCUT2D eigenvalue weighted by molar-refractivity contribution is 5.13. The molecular formula is C14H22N2O. The van der Waals surface area contributed by atoms with Crippen LogP contribution in [-0.4, -0.2) is 25.2 Å². The first-order valence-corrected chi connectivity index (χ1v) is 6.43. The monoisotopic (exact) mass is 234 g/mol. The maximum absolute atomic E-state index is 6.12. The molecule has 1 aromatic carbocycles. The van der Waals surface area contributed by atoms with E-state index in [1.54, 1.807) is 0 Å². The van der Waals surface area contributed by atoms with E-state index in [1.807, 2.05) is 18.2 Å². The molecule has 0 bridgehead atoms. The van der Waals surface area contributed by atoms with Crippen LogP contribution in [0.25, 0.3) is 0 Å². The van der Waals surface area contributed by atoms with Crippen molar-refractivity contribution in [2.45, 2.75) is 31.5 Å². The lowest BCUT2D eigenvalue weighted by atomic mass is 9.94. The van der Waals surface area contributed by atoms with Gasteiger partial charge in [0.1, 0.15) is 0 Å². The highest BCUT2D eigenvalue weighted by Crippen LogP contribution is 2.24. The third-order valence-corrected chi connectivity index (χ3v) is 3.50. The molecule has 2 rings (SSSR count). The molecule has 1 aliphatic heterocycles. The van der Waals surface area contributed by atoms with Gasteiger partial charge in [-0.1, -0.05) is 30.3 Å². The molecule has 0 aliphatic carbocycles. The lowest BCUT2D eigenvalue weighted by molar-refractivity contribution is -0.0580. The fourth-order valence-corrected chi connectivity index (χ4v) is 2.32. The standard InChI is InChI=1S/C14H22N2O/c15-12-14(7-4-9-16-10-8-14)17-11-13-5-2-1-3-6-13/h1-3,5-6,16H,4,7-12,15H2. The molecule has 1 aliphatic rings. The predicted molar refractivity (Wildman–Crippen MR) is 69.7 cm³/mol. The van der Waals surface area contributed by atoms with E-state index in [9.17, 15) is 0 Å². The summed E-state index contributed by atoms with van der Waals surface area (Å²) in [6, 6.07) is 10.3. The summed E-state index contributed by atoms with van der Waals surface area (Å²) in [5.74, 6) is 0. The van der Waals surface area contributed by atoms with Gasteiger partial charge in [-0.15, -0.1) is 0 Å². The zero-order chi connectivity index (χ0) is 12.0. The molecule has 1 heterocycles. The fourth-order valence-electron chi connectivity index (χ4n) is 2.32. The van der Waals surface area contributed by atoms with Crippen molar-refractivity contribution in [3.63, 3.8) is 0 Å². The Hall–Kier alpha value is -0.900. The number of nitrogens with two attached hydrogens (primary N) is 1. The van der Waals surface area contributed by atoms with E-state index in [2.05, 4.69) is 17.4 Å². The van der Waals surface area contributed by atoms with Gasteiger partial charge >= 0.3 is 0 Å². The molecule has 1 saturated heterocycles. The summed E-state index contributed by atoms with van der Waals surface area (Å²) >= 11 is 0. The van der Waals surface area contributed by atoms with E-state index < -0.39 is 0 Å².